The molecule has 22 heavy (non-hydrogen) atoms. The number of amides is 1. The summed E-state index contributed by atoms with van der Waals surface area (Å²) in [5.41, 5.74) is 0.515. The van der Waals surface area contributed by atoms with Crippen molar-refractivity contribution < 1.29 is 19.4 Å². The zero-order valence-corrected chi connectivity index (χ0v) is 12.7. The maximum atomic E-state index is 11.9. The topological polar surface area (TPSA) is 87.7 Å². The number of hydrogen-bond acceptors (Lipinski definition) is 5. The smallest absolute Gasteiger partial charge is 0.341 e. The van der Waals surface area contributed by atoms with Gasteiger partial charge in [-0.1, -0.05) is 19.3 Å². The van der Waals surface area contributed by atoms with Crippen LogP contribution in [0.15, 0.2) is 18.2 Å². The number of carbonyl (C=O) groups excluding carboxylic acids is 2. The van der Waals surface area contributed by atoms with Gasteiger partial charge in [0.25, 0.3) is 0 Å². The molecule has 3 N–H and O–H groups in total. The highest BCUT2D eigenvalue weighted by molar-refractivity contribution is 5.95. The molecule has 1 saturated carbocycles. The predicted molar refractivity (Wildman–Crippen MR) is 83.0 cm³/mol. The highest BCUT2D eigenvalue weighted by Crippen LogP contribution is 2.22. The number of methoxy groups -OCH3 is 1. The van der Waals surface area contributed by atoms with Gasteiger partial charge in [-0.2, -0.15) is 0 Å². The fourth-order valence-electron chi connectivity index (χ4n) is 2.64. The molecule has 0 atom stereocenters. The molecule has 0 radical (unpaired) electrons. The molecule has 120 valence electrons. The third-order valence-electron chi connectivity index (χ3n) is 3.84. The summed E-state index contributed by atoms with van der Waals surface area (Å²) in [6.07, 6.45) is 5.92. The van der Waals surface area contributed by atoms with Crippen LogP contribution in [0.4, 0.5) is 5.69 Å². The van der Waals surface area contributed by atoms with Gasteiger partial charge in [0.2, 0.25) is 5.91 Å². The van der Waals surface area contributed by atoms with Crippen LogP contribution in [-0.2, 0) is 9.53 Å². The Labute approximate surface area is 129 Å². The van der Waals surface area contributed by atoms with Crippen molar-refractivity contribution in [3.8, 4) is 5.75 Å². The van der Waals surface area contributed by atoms with Crippen LogP contribution in [0.3, 0.4) is 0 Å². The summed E-state index contributed by atoms with van der Waals surface area (Å²) in [4.78, 5) is 23.3. The number of anilines is 1. The molecular weight excluding hydrogens is 284 g/mol. The van der Waals surface area contributed by atoms with E-state index in [4.69, 9.17) is 0 Å². The molecule has 0 aliphatic heterocycles. The first-order chi connectivity index (χ1) is 10.6. The molecule has 1 aliphatic carbocycles. The maximum Gasteiger partial charge on any atom is 0.341 e. The third kappa shape index (κ3) is 4.46. The highest BCUT2D eigenvalue weighted by atomic mass is 16.5. The zero-order valence-electron chi connectivity index (χ0n) is 12.7. The lowest BCUT2D eigenvalue weighted by atomic mass is 9.95. The molecule has 0 spiro atoms. The monoisotopic (exact) mass is 306 g/mol. The summed E-state index contributed by atoms with van der Waals surface area (Å²) in [6.45, 7) is 0.240. The summed E-state index contributed by atoms with van der Waals surface area (Å²) >= 11 is 0. The summed E-state index contributed by atoms with van der Waals surface area (Å²) in [6, 6.07) is 4.73. The lowest BCUT2D eigenvalue weighted by Crippen LogP contribution is -2.37. The van der Waals surface area contributed by atoms with Crippen LogP contribution >= 0.6 is 0 Å². The molecule has 1 aromatic carbocycles. The summed E-state index contributed by atoms with van der Waals surface area (Å²) < 4.78 is 4.55. The average molecular weight is 306 g/mol. The lowest BCUT2D eigenvalue weighted by molar-refractivity contribution is -0.115. The summed E-state index contributed by atoms with van der Waals surface area (Å²) in [5.74, 6) is -1.00. The van der Waals surface area contributed by atoms with E-state index in [1.54, 1.807) is 6.07 Å². The molecule has 6 nitrogen and oxygen atoms in total. The minimum atomic E-state index is -0.616. The number of rotatable bonds is 5. The van der Waals surface area contributed by atoms with Gasteiger partial charge in [0.15, 0.2) is 0 Å². The lowest BCUT2D eigenvalue weighted by Gasteiger charge is -2.22. The van der Waals surface area contributed by atoms with Crippen molar-refractivity contribution in [1.29, 1.82) is 0 Å². The van der Waals surface area contributed by atoms with Gasteiger partial charge in [-0.25, -0.2) is 4.79 Å². The number of esters is 1. The van der Waals surface area contributed by atoms with Crippen molar-refractivity contribution in [1.82, 2.24) is 5.32 Å². The van der Waals surface area contributed by atoms with E-state index in [9.17, 15) is 14.7 Å². The molecule has 6 heteroatoms. The summed E-state index contributed by atoms with van der Waals surface area (Å²) in [7, 11) is 1.24. The Balaban J connectivity index is 1.85. The van der Waals surface area contributed by atoms with Gasteiger partial charge in [-0.05, 0) is 25.0 Å². The average Bonchev–Trinajstić information content (AvgIpc) is 2.53. The predicted octanol–water partition coefficient (Wildman–Crippen LogP) is 2.04. The summed E-state index contributed by atoms with van der Waals surface area (Å²) in [5, 5.41) is 15.7. The number of aromatic hydroxyl groups is 1. The Morgan fingerprint density at radius 2 is 2.00 bits per heavy atom. The number of hydrogen-bond donors (Lipinski definition) is 3. The van der Waals surface area contributed by atoms with Gasteiger partial charge in [0.1, 0.15) is 11.3 Å². The molecule has 1 fully saturated rings. The van der Waals surface area contributed by atoms with Crippen LogP contribution in [0.5, 0.6) is 5.75 Å². The van der Waals surface area contributed by atoms with Gasteiger partial charge >= 0.3 is 5.97 Å². The largest absolute Gasteiger partial charge is 0.507 e. The van der Waals surface area contributed by atoms with Gasteiger partial charge in [0, 0.05) is 17.8 Å². The Kier molecular flexibility index (Phi) is 5.77. The van der Waals surface area contributed by atoms with Crippen molar-refractivity contribution in [3.05, 3.63) is 23.8 Å². The van der Waals surface area contributed by atoms with Gasteiger partial charge in [-0.15, -0.1) is 0 Å². The van der Waals surface area contributed by atoms with E-state index in [2.05, 4.69) is 15.4 Å². The normalized spacial score (nSPS) is 15.3. The van der Waals surface area contributed by atoms with Crippen LogP contribution in [0.25, 0.3) is 0 Å². The van der Waals surface area contributed by atoms with Crippen LogP contribution in [0.1, 0.15) is 42.5 Å². The van der Waals surface area contributed by atoms with Gasteiger partial charge in [-0.3, -0.25) is 4.79 Å². The van der Waals surface area contributed by atoms with Crippen molar-refractivity contribution >= 4 is 17.6 Å². The molecule has 0 bridgehead atoms. The number of nitrogens with one attached hydrogen (secondary N) is 2. The zero-order chi connectivity index (χ0) is 15.9. The first-order valence-corrected chi connectivity index (χ1v) is 7.54. The van der Waals surface area contributed by atoms with Crippen LogP contribution < -0.4 is 10.6 Å². The van der Waals surface area contributed by atoms with E-state index >= 15 is 0 Å². The molecule has 1 amide bonds. The standard InChI is InChI=1S/C16H22N2O4/c1-22-16(21)13-8-7-12(9-14(13)19)18-15(20)10-17-11-5-3-2-4-6-11/h7-9,11,17,19H,2-6,10H2,1H3,(H,18,20). The Hall–Kier alpha value is -2.08. The first kappa shape index (κ1) is 16.3. The van der Waals surface area contributed by atoms with Crippen LogP contribution in [-0.4, -0.2) is 36.7 Å². The second kappa shape index (κ2) is 7.79. The number of benzene rings is 1. The van der Waals surface area contributed by atoms with Gasteiger partial charge < -0.3 is 20.5 Å². The Morgan fingerprint density at radius 3 is 2.64 bits per heavy atom. The van der Waals surface area contributed by atoms with Gasteiger partial charge in [0.05, 0.1) is 13.7 Å². The molecule has 0 unspecified atom stereocenters. The molecular formula is C16H22N2O4. The van der Waals surface area contributed by atoms with E-state index in [0.717, 1.165) is 12.8 Å². The molecule has 1 aromatic rings. The highest BCUT2D eigenvalue weighted by Gasteiger charge is 2.15. The minimum Gasteiger partial charge on any atom is -0.507 e. The van der Waals surface area contributed by atoms with E-state index < -0.39 is 5.97 Å². The fourth-order valence-corrected chi connectivity index (χ4v) is 2.64. The van der Waals surface area contributed by atoms with E-state index in [1.807, 2.05) is 0 Å². The SMILES string of the molecule is COC(=O)c1ccc(NC(=O)CNC2CCCCC2)cc1O. The first-order valence-electron chi connectivity index (χ1n) is 7.54. The Bertz CT molecular complexity index is 539. The van der Waals surface area contributed by atoms with E-state index in [-0.39, 0.29) is 23.8 Å². The number of phenols is 1. The minimum absolute atomic E-state index is 0.0702. The van der Waals surface area contributed by atoms with Crippen LogP contribution in [0, 0.1) is 0 Å². The quantitative estimate of drug-likeness (QED) is 0.725. The third-order valence-corrected chi connectivity index (χ3v) is 3.84. The number of ether oxygens (including phenoxy) is 1. The molecule has 0 saturated heterocycles. The van der Waals surface area contributed by atoms with Crippen molar-refractivity contribution in [3.63, 3.8) is 0 Å². The second-order valence-corrected chi connectivity index (χ2v) is 5.49. The van der Waals surface area contributed by atoms with Crippen molar-refractivity contribution in [2.45, 2.75) is 38.1 Å². The Morgan fingerprint density at radius 1 is 1.27 bits per heavy atom. The van der Waals surface area contributed by atoms with E-state index in [1.165, 1.54) is 38.5 Å². The fraction of sp³-hybridized carbons (Fsp3) is 0.500. The van der Waals surface area contributed by atoms with E-state index in [0.29, 0.717) is 11.7 Å². The van der Waals surface area contributed by atoms with Crippen molar-refractivity contribution in [2.75, 3.05) is 19.0 Å². The number of phenolic OH excluding ortho intramolecular Hbond substituents is 1. The molecule has 0 heterocycles. The molecule has 1 aliphatic rings. The number of carbonyl (C=O) groups is 2. The molecule has 2 rings (SSSR count). The van der Waals surface area contributed by atoms with Crippen LogP contribution in [0.2, 0.25) is 0 Å². The maximum absolute atomic E-state index is 11.9. The second-order valence-electron chi connectivity index (χ2n) is 5.49. The molecule has 0 aromatic heterocycles. The van der Waals surface area contributed by atoms with Crippen molar-refractivity contribution in [2.24, 2.45) is 0 Å².